The maximum Gasteiger partial charge on any atom is 0.416 e. The summed E-state index contributed by atoms with van der Waals surface area (Å²) in [6, 6.07) is 9.60. The fourth-order valence-corrected chi connectivity index (χ4v) is 4.29. The van der Waals surface area contributed by atoms with Crippen LogP contribution in [0.4, 0.5) is 4.79 Å². The second-order valence-electron chi connectivity index (χ2n) is 7.58. The Balaban J connectivity index is 1.69. The molecule has 142 valence electrons. The number of carbonyl (C=O) groups excluding carboxylic acids is 2. The van der Waals surface area contributed by atoms with E-state index in [9.17, 15) is 14.7 Å². The summed E-state index contributed by atoms with van der Waals surface area (Å²) >= 11 is 0. The molecule has 1 heterocycles. The predicted octanol–water partition coefficient (Wildman–Crippen LogP) is 3.55. The van der Waals surface area contributed by atoms with Crippen LogP contribution in [0.2, 0.25) is 0 Å². The van der Waals surface area contributed by atoms with Crippen LogP contribution in [-0.2, 0) is 16.0 Å². The van der Waals surface area contributed by atoms with Crippen molar-refractivity contribution in [3.8, 4) is 0 Å². The molecule has 1 aliphatic heterocycles. The molecule has 1 N–H and O–H groups in total. The first-order chi connectivity index (χ1) is 12.7. The number of imide groups is 1. The zero-order valence-electron chi connectivity index (χ0n) is 15.3. The smallest absolute Gasteiger partial charge is 0.416 e. The number of rotatable bonds is 7. The van der Waals surface area contributed by atoms with Gasteiger partial charge in [0, 0.05) is 12.5 Å². The van der Waals surface area contributed by atoms with Crippen LogP contribution in [0.3, 0.4) is 0 Å². The minimum atomic E-state index is -0.539. The monoisotopic (exact) mass is 359 g/mol. The van der Waals surface area contributed by atoms with Gasteiger partial charge >= 0.3 is 6.09 Å². The van der Waals surface area contributed by atoms with E-state index < -0.39 is 6.09 Å². The molecular weight excluding hydrogens is 330 g/mol. The topological polar surface area (TPSA) is 66.8 Å². The van der Waals surface area contributed by atoms with E-state index in [1.54, 1.807) is 0 Å². The Labute approximate surface area is 155 Å². The highest BCUT2D eigenvalue weighted by atomic mass is 16.6. The Kier molecular flexibility index (Phi) is 6.67. The number of ether oxygens (including phenoxy) is 1. The van der Waals surface area contributed by atoms with E-state index in [1.165, 1.54) is 24.2 Å². The summed E-state index contributed by atoms with van der Waals surface area (Å²) in [6.45, 7) is 0.212. The lowest BCUT2D eigenvalue weighted by molar-refractivity contribution is -0.134. The maximum absolute atomic E-state index is 13.1. The first-order valence-electron chi connectivity index (χ1n) is 9.83. The van der Waals surface area contributed by atoms with Crippen molar-refractivity contribution in [1.29, 1.82) is 0 Å². The summed E-state index contributed by atoms with van der Waals surface area (Å²) in [5, 5.41) is 9.44. The molecular formula is C21H29NO4. The van der Waals surface area contributed by atoms with Crippen molar-refractivity contribution in [2.45, 2.75) is 57.4 Å². The number of amides is 2. The Morgan fingerprint density at radius 2 is 1.92 bits per heavy atom. The Hall–Kier alpha value is -1.88. The molecule has 1 aromatic carbocycles. The number of hydrogen-bond donors (Lipinski definition) is 1. The lowest BCUT2D eigenvalue weighted by atomic mass is 9.81. The van der Waals surface area contributed by atoms with Gasteiger partial charge in [-0.3, -0.25) is 4.79 Å². The summed E-state index contributed by atoms with van der Waals surface area (Å²) in [6.07, 6.45) is 7.24. The summed E-state index contributed by atoms with van der Waals surface area (Å²) in [5.41, 5.74) is 1.08. The Morgan fingerprint density at radius 3 is 2.62 bits per heavy atom. The van der Waals surface area contributed by atoms with Crippen molar-refractivity contribution in [2.24, 2.45) is 11.8 Å². The highest BCUT2D eigenvalue weighted by Crippen LogP contribution is 2.32. The fourth-order valence-electron chi connectivity index (χ4n) is 4.29. The molecule has 3 rings (SSSR count). The van der Waals surface area contributed by atoms with Crippen LogP contribution in [0, 0.1) is 11.8 Å². The standard InChI is InChI=1S/C21H29NO4/c23-12-11-18(13-16-7-3-1-4-8-16)20(24)22-19(15-26-21(22)25)14-17-9-5-2-6-10-17/h2,5-6,9-10,16,18-19,23H,1,3-4,7-8,11-15H2/t18-,19-/m1/s1. The Bertz CT molecular complexity index is 597. The van der Waals surface area contributed by atoms with E-state index in [0.717, 1.165) is 24.8 Å². The van der Waals surface area contributed by atoms with Gasteiger partial charge in [-0.15, -0.1) is 0 Å². The number of nitrogens with zero attached hydrogens (tertiary/aromatic N) is 1. The molecule has 1 aliphatic carbocycles. The van der Waals surface area contributed by atoms with Gasteiger partial charge in [0.15, 0.2) is 0 Å². The van der Waals surface area contributed by atoms with Crippen molar-refractivity contribution in [2.75, 3.05) is 13.2 Å². The quantitative estimate of drug-likeness (QED) is 0.808. The predicted molar refractivity (Wildman–Crippen MR) is 98.5 cm³/mol. The summed E-state index contributed by atoms with van der Waals surface area (Å²) in [5.74, 6) is 0.0514. The van der Waals surface area contributed by atoms with Crippen LogP contribution in [0.15, 0.2) is 30.3 Å². The van der Waals surface area contributed by atoms with Crippen LogP contribution in [0.25, 0.3) is 0 Å². The van der Waals surface area contributed by atoms with E-state index in [4.69, 9.17) is 4.74 Å². The fraction of sp³-hybridized carbons (Fsp3) is 0.619. The molecule has 0 unspecified atom stereocenters. The van der Waals surface area contributed by atoms with E-state index in [-0.39, 0.29) is 31.1 Å². The normalized spacial score (nSPS) is 22.3. The third-order valence-corrected chi connectivity index (χ3v) is 5.68. The molecule has 0 spiro atoms. The van der Waals surface area contributed by atoms with Crippen LogP contribution < -0.4 is 0 Å². The van der Waals surface area contributed by atoms with Gasteiger partial charge in [0.05, 0.1) is 6.04 Å². The summed E-state index contributed by atoms with van der Waals surface area (Å²) in [7, 11) is 0. The molecule has 2 aliphatic rings. The minimum absolute atomic E-state index is 0.0324. The number of benzene rings is 1. The van der Waals surface area contributed by atoms with Gasteiger partial charge in [-0.1, -0.05) is 62.4 Å². The zero-order valence-corrected chi connectivity index (χ0v) is 15.3. The van der Waals surface area contributed by atoms with Crippen LogP contribution in [0.5, 0.6) is 0 Å². The van der Waals surface area contributed by atoms with Gasteiger partial charge in [0.25, 0.3) is 0 Å². The molecule has 2 atom stereocenters. The first-order valence-corrected chi connectivity index (χ1v) is 9.83. The third kappa shape index (κ3) is 4.64. The molecule has 0 radical (unpaired) electrons. The van der Waals surface area contributed by atoms with Crippen molar-refractivity contribution in [1.82, 2.24) is 4.90 Å². The van der Waals surface area contributed by atoms with E-state index in [0.29, 0.717) is 18.8 Å². The zero-order chi connectivity index (χ0) is 18.4. The molecule has 26 heavy (non-hydrogen) atoms. The number of aliphatic hydroxyl groups excluding tert-OH is 1. The van der Waals surface area contributed by atoms with Gasteiger partial charge in [-0.25, -0.2) is 9.69 Å². The second kappa shape index (κ2) is 9.17. The molecule has 5 heteroatoms. The van der Waals surface area contributed by atoms with Crippen LogP contribution in [-0.4, -0.2) is 41.3 Å². The first kappa shape index (κ1) is 18.9. The van der Waals surface area contributed by atoms with Gasteiger partial charge in [-0.2, -0.15) is 0 Å². The molecule has 1 aromatic rings. The van der Waals surface area contributed by atoms with Crippen molar-refractivity contribution in [3.05, 3.63) is 35.9 Å². The lowest BCUT2D eigenvalue weighted by Crippen LogP contribution is -2.44. The number of hydrogen-bond acceptors (Lipinski definition) is 4. The van der Waals surface area contributed by atoms with Crippen molar-refractivity contribution < 1.29 is 19.4 Å². The van der Waals surface area contributed by atoms with Crippen LogP contribution >= 0.6 is 0 Å². The van der Waals surface area contributed by atoms with E-state index in [1.807, 2.05) is 30.3 Å². The SMILES string of the molecule is O=C1OC[C@@H](Cc2ccccc2)N1C(=O)[C@H](CCO)CC1CCCCC1. The highest BCUT2D eigenvalue weighted by molar-refractivity contribution is 5.94. The molecule has 2 fully saturated rings. The third-order valence-electron chi connectivity index (χ3n) is 5.68. The minimum Gasteiger partial charge on any atom is -0.447 e. The number of cyclic esters (lactones) is 1. The molecule has 1 saturated carbocycles. The second-order valence-corrected chi connectivity index (χ2v) is 7.58. The van der Waals surface area contributed by atoms with Crippen LogP contribution in [0.1, 0.15) is 50.5 Å². The maximum atomic E-state index is 13.1. The molecule has 0 bridgehead atoms. The van der Waals surface area contributed by atoms with Gasteiger partial charge < -0.3 is 9.84 Å². The van der Waals surface area contributed by atoms with Gasteiger partial charge in [0.2, 0.25) is 5.91 Å². The van der Waals surface area contributed by atoms with Crippen molar-refractivity contribution in [3.63, 3.8) is 0 Å². The lowest BCUT2D eigenvalue weighted by Gasteiger charge is -2.29. The summed E-state index contributed by atoms with van der Waals surface area (Å²) in [4.78, 5) is 26.7. The van der Waals surface area contributed by atoms with Gasteiger partial charge in [0.1, 0.15) is 6.61 Å². The van der Waals surface area contributed by atoms with E-state index >= 15 is 0 Å². The summed E-state index contributed by atoms with van der Waals surface area (Å²) < 4.78 is 5.19. The molecule has 0 aromatic heterocycles. The van der Waals surface area contributed by atoms with E-state index in [2.05, 4.69) is 0 Å². The average Bonchev–Trinajstić information content (AvgIpc) is 3.02. The molecule has 5 nitrogen and oxygen atoms in total. The molecule has 1 saturated heterocycles. The van der Waals surface area contributed by atoms with Gasteiger partial charge in [-0.05, 0) is 30.7 Å². The number of carbonyl (C=O) groups is 2. The highest BCUT2D eigenvalue weighted by Gasteiger charge is 2.41. The average molecular weight is 359 g/mol. The molecule has 2 amide bonds. The number of aliphatic hydroxyl groups is 1. The Morgan fingerprint density at radius 1 is 1.19 bits per heavy atom. The largest absolute Gasteiger partial charge is 0.447 e. The van der Waals surface area contributed by atoms with Crippen molar-refractivity contribution >= 4 is 12.0 Å².